The van der Waals surface area contributed by atoms with Crippen molar-refractivity contribution >= 4 is 5.57 Å². The van der Waals surface area contributed by atoms with Crippen LogP contribution in [0.2, 0.25) is 0 Å². The molecule has 1 nitrogen and oxygen atoms in total. The van der Waals surface area contributed by atoms with Gasteiger partial charge in [-0.3, -0.25) is 0 Å². The SMILES string of the molecule is CC(CO)c1ccc(C2=CCCCC2)cc1. The molecular weight excluding hydrogens is 196 g/mol. The van der Waals surface area contributed by atoms with Gasteiger partial charge in [0.1, 0.15) is 0 Å². The number of rotatable bonds is 3. The van der Waals surface area contributed by atoms with Crippen molar-refractivity contribution in [3.63, 3.8) is 0 Å². The predicted octanol–water partition coefficient (Wildman–Crippen LogP) is 3.74. The molecule has 1 aromatic rings. The summed E-state index contributed by atoms with van der Waals surface area (Å²) in [5.74, 6) is 0.245. The fourth-order valence-corrected chi connectivity index (χ4v) is 2.23. The zero-order chi connectivity index (χ0) is 11.4. The fourth-order valence-electron chi connectivity index (χ4n) is 2.23. The van der Waals surface area contributed by atoms with Crippen LogP contribution in [-0.4, -0.2) is 11.7 Å². The summed E-state index contributed by atoms with van der Waals surface area (Å²) in [6.45, 7) is 2.27. The van der Waals surface area contributed by atoms with Crippen LogP contribution in [0.1, 0.15) is 49.7 Å². The number of allylic oxidation sites excluding steroid dienone is 2. The zero-order valence-electron chi connectivity index (χ0n) is 9.95. The molecule has 0 saturated heterocycles. The number of aliphatic hydroxyl groups is 1. The first-order valence-electron chi connectivity index (χ1n) is 6.21. The monoisotopic (exact) mass is 216 g/mol. The van der Waals surface area contributed by atoms with Crippen LogP contribution in [-0.2, 0) is 0 Å². The third-order valence-corrected chi connectivity index (χ3v) is 3.42. The summed E-state index contributed by atoms with van der Waals surface area (Å²) in [5, 5.41) is 9.09. The standard InChI is InChI=1S/C15H20O/c1-12(11-16)13-7-9-15(10-8-13)14-5-3-2-4-6-14/h5,7-10,12,16H,2-4,6,11H2,1H3. The molecular formula is C15H20O. The van der Waals surface area contributed by atoms with Gasteiger partial charge in [-0.05, 0) is 42.4 Å². The first-order valence-corrected chi connectivity index (χ1v) is 6.21. The average molecular weight is 216 g/mol. The maximum Gasteiger partial charge on any atom is 0.0497 e. The van der Waals surface area contributed by atoms with Gasteiger partial charge in [0.25, 0.3) is 0 Å². The van der Waals surface area contributed by atoms with Crippen LogP contribution in [0.15, 0.2) is 30.3 Å². The second-order valence-electron chi connectivity index (χ2n) is 4.68. The lowest BCUT2D eigenvalue weighted by molar-refractivity contribution is 0.273. The molecule has 0 aromatic heterocycles. The Kier molecular flexibility index (Phi) is 3.79. The maximum absolute atomic E-state index is 9.09. The van der Waals surface area contributed by atoms with Crippen molar-refractivity contribution in [1.82, 2.24) is 0 Å². The van der Waals surface area contributed by atoms with E-state index in [2.05, 4.69) is 37.3 Å². The van der Waals surface area contributed by atoms with Crippen molar-refractivity contribution in [2.24, 2.45) is 0 Å². The Labute approximate surface area is 97.8 Å². The maximum atomic E-state index is 9.09. The molecule has 1 atom stereocenters. The highest BCUT2D eigenvalue weighted by atomic mass is 16.3. The number of benzene rings is 1. The van der Waals surface area contributed by atoms with Gasteiger partial charge in [0, 0.05) is 12.5 Å². The highest BCUT2D eigenvalue weighted by Crippen LogP contribution is 2.27. The molecule has 0 saturated carbocycles. The van der Waals surface area contributed by atoms with Crippen LogP contribution in [0.25, 0.3) is 5.57 Å². The van der Waals surface area contributed by atoms with Gasteiger partial charge in [-0.2, -0.15) is 0 Å². The number of hydrogen-bond acceptors (Lipinski definition) is 1. The smallest absolute Gasteiger partial charge is 0.0497 e. The van der Waals surface area contributed by atoms with Crippen LogP contribution >= 0.6 is 0 Å². The van der Waals surface area contributed by atoms with Gasteiger partial charge < -0.3 is 5.11 Å². The molecule has 1 heteroatoms. The van der Waals surface area contributed by atoms with E-state index in [4.69, 9.17) is 5.11 Å². The summed E-state index contributed by atoms with van der Waals surface area (Å²) < 4.78 is 0. The van der Waals surface area contributed by atoms with Crippen LogP contribution in [0.3, 0.4) is 0 Å². The molecule has 16 heavy (non-hydrogen) atoms. The van der Waals surface area contributed by atoms with Gasteiger partial charge in [-0.15, -0.1) is 0 Å². The quantitative estimate of drug-likeness (QED) is 0.816. The lowest BCUT2D eigenvalue weighted by Gasteiger charge is -2.14. The Hall–Kier alpha value is -1.08. The van der Waals surface area contributed by atoms with Crippen LogP contribution in [0.5, 0.6) is 0 Å². The normalized spacial score (nSPS) is 18.0. The Morgan fingerprint density at radius 2 is 1.94 bits per heavy atom. The van der Waals surface area contributed by atoms with Gasteiger partial charge in [0.05, 0.1) is 0 Å². The third-order valence-electron chi connectivity index (χ3n) is 3.42. The van der Waals surface area contributed by atoms with Crippen molar-refractivity contribution in [3.05, 3.63) is 41.5 Å². The van der Waals surface area contributed by atoms with E-state index in [0.717, 1.165) is 0 Å². The number of hydrogen-bond donors (Lipinski definition) is 1. The summed E-state index contributed by atoms with van der Waals surface area (Å²) in [7, 11) is 0. The van der Waals surface area contributed by atoms with Crippen LogP contribution in [0, 0.1) is 0 Å². The van der Waals surface area contributed by atoms with E-state index in [1.54, 1.807) is 0 Å². The largest absolute Gasteiger partial charge is 0.396 e. The Balaban J connectivity index is 2.15. The Morgan fingerprint density at radius 1 is 1.19 bits per heavy atom. The summed E-state index contributed by atoms with van der Waals surface area (Å²) in [6, 6.07) is 8.68. The molecule has 1 unspecified atom stereocenters. The zero-order valence-corrected chi connectivity index (χ0v) is 9.95. The first kappa shape index (κ1) is 11.4. The molecule has 0 heterocycles. The molecule has 0 spiro atoms. The fraction of sp³-hybridized carbons (Fsp3) is 0.467. The minimum absolute atomic E-state index is 0.224. The van der Waals surface area contributed by atoms with Crippen molar-refractivity contribution in [1.29, 1.82) is 0 Å². The van der Waals surface area contributed by atoms with Gasteiger partial charge >= 0.3 is 0 Å². The second kappa shape index (κ2) is 5.31. The lowest BCUT2D eigenvalue weighted by atomic mass is 9.92. The highest BCUT2D eigenvalue weighted by Gasteiger charge is 2.07. The molecule has 1 N–H and O–H groups in total. The molecule has 0 amide bonds. The molecule has 0 bridgehead atoms. The molecule has 1 aliphatic carbocycles. The van der Waals surface area contributed by atoms with Crippen molar-refractivity contribution < 1.29 is 5.11 Å². The van der Waals surface area contributed by atoms with Gasteiger partial charge in [0.2, 0.25) is 0 Å². The van der Waals surface area contributed by atoms with Crippen molar-refractivity contribution in [2.45, 2.75) is 38.5 Å². The Bertz CT molecular complexity index is 362. The average Bonchev–Trinajstić information content (AvgIpc) is 2.39. The van der Waals surface area contributed by atoms with E-state index in [1.807, 2.05) is 0 Å². The molecule has 86 valence electrons. The first-order chi connectivity index (χ1) is 7.81. The van der Waals surface area contributed by atoms with Gasteiger partial charge in [0.15, 0.2) is 0 Å². The Morgan fingerprint density at radius 3 is 2.50 bits per heavy atom. The van der Waals surface area contributed by atoms with Crippen LogP contribution < -0.4 is 0 Å². The van der Waals surface area contributed by atoms with Crippen molar-refractivity contribution in [3.8, 4) is 0 Å². The molecule has 0 fully saturated rings. The minimum atomic E-state index is 0.224. The summed E-state index contributed by atoms with van der Waals surface area (Å²) in [5.41, 5.74) is 4.07. The topological polar surface area (TPSA) is 20.2 Å². The summed E-state index contributed by atoms with van der Waals surface area (Å²) in [6.07, 6.45) is 7.47. The molecule has 0 radical (unpaired) electrons. The van der Waals surface area contributed by atoms with Gasteiger partial charge in [-0.25, -0.2) is 0 Å². The minimum Gasteiger partial charge on any atom is -0.396 e. The molecule has 0 aliphatic heterocycles. The third kappa shape index (κ3) is 2.53. The van der Waals surface area contributed by atoms with Crippen molar-refractivity contribution in [2.75, 3.05) is 6.61 Å². The predicted molar refractivity (Wildman–Crippen MR) is 68.4 cm³/mol. The highest BCUT2D eigenvalue weighted by molar-refractivity contribution is 5.66. The van der Waals surface area contributed by atoms with E-state index < -0.39 is 0 Å². The van der Waals surface area contributed by atoms with E-state index in [0.29, 0.717) is 0 Å². The molecule has 1 aromatic carbocycles. The van der Waals surface area contributed by atoms with E-state index >= 15 is 0 Å². The van der Waals surface area contributed by atoms with E-state index in [1.165, 1.54) is 42.4 Å². The van der Waals surface area contributed by atoms with Crippen LogP contribution in [0.4, 0.5) is 0 Å². The summed E-state index contributed by atoms with van der Waals surface area (Å²) in [4.78, 5) is 0. The molecule has 1 aliphatic rings. The second-order valence-corrected chi connectivity index (χ2v) is 4.68. The van der Waals surface area contributed by atoms with E-state index in [9.17, 15) is 0 Å². The van der Waals surface area contributed by atoms with E-state index in [-0.39, 0.29) is 12.5 Å². The number of aliphatic hydroxyl groups excluding tert-OH is 1. The lowest BCUT2D eigenvalue weighted by Crippen LogP contribution is -1.99. The summed E-state index contributed by atoms with van der Waals surface area (Å²) >= 11 is 0. The molecule has 2 rings (SSSR count). The van der Waals surface area contributed by atoms with Gasteiger partial charge in [-0.1, -0.05) is 37.3 Å².